The largest absolute Gasteiger partial charge is 0.368 e. The third kappa shape index (κ3) is 19.5. The quantitative estimate of drug-likeness (QED) is 0.0374. The molecule has 4 amide bonds. The molecule has 0 bridgehead atoms. The molecule has 18 nitrogen and oxygen atoms in total. The van der Waals surface area contributed by atoms with Gasteiger partial charge >= 0.3 is 0 Å². The summed E-state index contributed by atoms with van der Waals surface area (Å²) in [5.41, 5.74) is 24.4. The number of nitrogens with zero attached hydrogens (tertiary/aromatic N) is 2. The Bertz CT molecular complexity index is 2090. The molecule has 0 aliphatic heterocycles. The molecule has 20 heteroatoms. The highest BCUT2D eigenvalue weighted by atomic mass is 32.2. The average molecular weight is 929 g/mol. The van der Waals surface area contributed by atoms with Crippen LogP contribution in [0.25, 0.3) is 0 Å². The summed E-state index contributed by atoms with van der Waals surface area (Å²) in [5, 5.41) is 11.4. The maximum absolute atomic E-state index is 14.5. The molecule has 0 aromatic heterocycles. The smallest absolute Gasteiger partial charge is 0.243 e. The molecule has 64 heavy (non-hydrogen) atoms. The molecule has 354 valence electrons. The molecule has 3 rings (SSSR count). The number of unbranched alkanes of at least 4 members (excludes halogenated alkanes) is 2. The Balaban J connectivity index is 2.00. The molecule has 0 radical (unpaired) electrons. The van der Waals surface area contributed by atoms with Gasteiger partial charge in [-0.15, -0.1) is 0 Å². The van der Waals surface area contributed by atoms with Crippen molar-refractivity contribution in [3.05, 3.63) is 108 Å². The molecule has 12 N–H and O–H groups in total. The molecule has 0 fully saturated rings. The molecule has 0 aliphatic rings. The summed E-state index contributed by atoms with van der Waals surface area (Å²) < 4.78 is 57.4. The Morgan fingerprint density at radius 1 is 0.562 bits per heavy atom. The van der Waals surface area contributed by atoms with Crippen LogP contribution < -0.4 is 44.2 Å². The third-order valence-electron chi connectivity index (χ3n) is 10.5. The summed E-state index contributed by atoms with van der Waals surface area (Å²) in [6.07, 6.45) is 3.49. The van der Waals surface area contributed by atoms with Crippen LogP contribution in [0.15, 0.2) is 91.0 Å². The number of hydrogen-bond donors (Lipinski definition) is 8. The van der Waals surface area contributed by atoms with Crippen LogP contribution >= 0.6 is 0 Å². The number of nitrogens with one attached hydrogen (secondary N) is 4. The molecule has 0 spiro atoms. The zero-order valence-corrected chi connectivity index (χ0v) is 38.4. The van der Waals surface area contributed by atoms with Crippen LogP contribution in [-0.2, 0) is 57.8 Å². The van der Waals surface area contributed by atoms with Gasteiger partial charge in [0.05, 0.1) is 24.6 Å². The molecule has 0 heterocycles. The molecule has 0 saturated heterocycles. The second-order valence-corrected chi connectivity index (χ2v) is 19.8. The van der Waals surface area contributed by atoms with E-state index in [1.54, 1.807) is 79.8 Å². The van der Waals surface area contributed by atoms with Crippen molar-refractivity contribution in [2.24, 2.45) is 22.9 Å². The van der Waals surface area contributed by atoms with Crippen molar-refractivity contribution in [1.82, 2.24) is 29.9 Å². The van der Waals surface area contributed by atoms with Gasteiger partial charge in [-0.3, -0.25) is 19.2 Å². The molecule has 0 aliphatic carbocycles. The number of nitrogens with two attached hydrogens (primary N) is 4. The lowest BCUT2D eigenvalue weighted by atomic mass is 10.0. The fourth-order valence-electron chi connectivity index (χ4n) is 7.06. The average Bonchev–Trinajstić information content (AvgIpc) is 3.25. The zero-order valence-electron chi connectivity index (χ0n) is 36.8. The summed E-state index contributed by atoms with van der Waals surface area (Å²) in [7, 11) is -6.56. The van der Waals surface area contributed by atoms with Gasteiger partial charge in [-0.2, -0.15) is 8.61 Å². The SMILES string of the molecule is CN[C@@H](CCCCN)CN(CC(=O)N[C@@H](Cc1ccccc1)C(=O)NC(Cc1ccccc1)CN(CC(=O)N[C@@H](CCCCN)C(N)=O)S(=O)(=O)Cc1ccccc1)S(=O)(=O)CCN. The number of carbonyl (C=O) groups is 4. The monoisotopic (exact) mass is 928 g/mol. The van der Waals surface area contributed by atoms with E-state index in [0.29, 0.717) is 43.5 Å². The van der Waals surface area contributed by atoms with Crippen LogP contribution in [0.2, 0.25) is 0 Å². The van der Waals surface area contributed by atoms with Gasteiger partial charge in [0.2, 0.25) is 43.7 Å². The fourth-order valence-corrected chi connectivity index (χ4v) is 9.85. The number of hydrogen-bond acceptors (Lipinski definition) is 12. The third-order valence-corrected chi connectivity index (χ3v) is 14.1. The highest BCUT2D eigenvalue weighted by Gasteiger charge is 2.33. The van der Waals surface area contributed by atoms with E-state index in [0.717, 1.165) is 27.0 Å². The number of sulfonamides is 2. The van der Waals surface area contributed by atoms with Crippen molar-refractivity contribution in [3.8, 4) is 0 Å². The Labute approximate surface area is 378 Å². The summed E-state index contributed by atoms with van der Waals surface area (Å²) in [4.78, 5) is 54.3. The van der Waals surface area contributed by atoms with E-state index in [-0.39, 0.29) is 44.9 Å². The molecule has 0 saturated carbocycles. The van der Waals surface area contributed by atoms with Crippen LogP contribution in [0, 0.1) is 0 Å². The number of benzene rings is 3. The van der Waals surface area contributed by atoms with Gasteiger partial charge in [-0.05, 0) is 75.4 Å². The number of likely N-dealkylation sites (N-methyl/N-ethyl adjacent to an activating group) is 1. The first-order valence-electron chi connectivity index (χ1n) is 21.6. The normalized spacial score (nSPS) is 13.8. The maximum atomic E-state index is 14.5. The van der Waals surface area contributed by atoms with E-state index in [1.165, 1.54) is 0 Å². The minimum atomic E-state index is -4.27. The Morgan fingerprint density at radius 3 is 1.53 bits per heavy atom. The second kappa shape index (κ2) is 28.2. The van der Waals surface area contributed by atoms with Crippen LogP contribution in [-0.4, -0.2) is 132 Å². The van der Waals surface area contributed by atoms with Gasteiger partial charge in [0.25, 0.3) is 0 Å². The number of rotatable bonds is 32. The highest BCUT2D eigenvalue weighted by molar-refractivity contribution is 7.89. The second-order valence-electron chi connectivity index (χ2n) is 15.7. The first kappa shape index (κ1) is 53.5. The van der Waals surface area contributed by atoms with Gasteiger partial charge in [0.15, 0.2) is 0 Å². The molecular formula is C44H68N10O8S2. The van der Waals surface area contributed by atoms with Gasteiger partial charge < -0.3 is 44.2 Å². The van der Waals surface area contributed by atoms with E-state index in [2.05, 4.69) is 21.3 Å². The van der Waals surface area contributed by atoms with Crippen molar-refractivity contribution in [1.29, 1.82) is 0 Å². The van der Waals surface area contributed by atoms with Gasteiger partial charge in [0, 0.05) is 38.1 Å². The number of primary amides is 1. The predicted molar refractivity (Wildman–Crippen MR) is 249 cm³/mol. The summed E-state index contributed by atoms with van der Waals surface area (Å²) in [6, 6.07) is 22.7. The van der Waals surface area contributed by atoms with Crippen LogP contribution in [0.5, 0.6) is 0 Å². The predicted octanol–water partition coefficient (Wildman–Crippen LogP) is -0.320. The van der Waals surface area contributed by atoms with Gasteiger partial charge in [-0.25, -0.2) is 16.8 Å². The minimum absolute atomic E-state index is 0.00133. The summed E-state index contributed by atoms with van der Waals surface area (Å²) in [5.74, 6) is -3.85. The van der Waals surface area contributed by atoms with E-state index in [1.807, 2.05) is 18.2 Å². The lowest BCUT2D eigenvalue weighted by molar-refractivity contribution is -0.129. The fraction of sp³-hybridized carbons (Fsp3) is 0.500. The number of carbonyl (C=O) groups excluding carboxylic acids is 4. The van der Waals surface area contributed by atoms with E-state index in [9.17, 15) is 36.0 Å². The summed E-state index contributed by atoms with van der Waals surface area (Å²) >= 11 is 0. The molecular weight excluding hydrogens is 861 g/mol. The van der Waals surface area contributed by atoms with Gasteiger partial charge in [0.1, 0.15) is 12.1 Å². The van der Waals surface area contributed by atoms with Crippen molar-refractivity contribution in [3.63, 3.8) is 0 Å². The van der Waals surface area contributed by atoms with Gasteiger partial charge in [-0.1, -0.05) is 97.4 Å². The van der Waals surface area contributed by atoms with Crippen molar-refractivity contribution in [2.75, 3.05) is 58.6 Å². The molecule has 1 unspecified atom stereocenters. The van der Waals surface area contributed by atoms with Crippen molar-refractivity contribution >= 4 is 43.7 Å². The molecule has 3 aromatic rings. The Morgan fingerprint density at radius 2 is 1.03 bits per heavy atom. The maximum Gasteiger partial charge on any atom is 0.243 e. The van der Waals surface area contributed by atoms with Crippen LogP contribution in [0.1, 0.15) is 55.2 Å². The van der Waals surface area contributed by atoms with Crippen LogP contribution in [0.4, 0.5) is 0 Å². The molecule has 3 aromatic carbocycles. The Kier molecular flexibility index (Phi) is 23.6. The van der Waals surface area contributed by atoms with Crippen molar-refractivity contribution < 1.29 is 36.0 Å². The topological polar surface area (TPSA) is 295 Å². The first-order chi connectivity index (χ1) is 30.6. The highest BCUT2D eigenvalue weighted by Crippen LogP contribution is 2.15. The Hall–Kier alpha value is -4.80. The lowest BCUT2D eigenvalue weighted by Crippen LogP contribution is -2.57. The van der Waals surface area contributed by atoms with E-state index < -0.39 is 86.4 Å². The number of amides is 4. The van der Waals surface area contributed by atoms with Crippen LogP contribution in [0.3, 0.4) is 0 Å². The minimum Gasteiger partial charge on any atom is -0.368 e. The zero-order chi connectivity index (χ0) is 47.0. The van der Waals surface area contributed by atoms with E-state index in [4.69, 9.17) is 22.9 Å². The summed E-state index contributed by atoms with van der Waals surface area (Å²) in [6.45, 7) is -1.02. The molecule has 4 atom stereocenters. The lowest BCUT2D eigenvalue weighted by Gasteiger charge is -2.30. The van der Waals surface area contributed by atoms with Crippen molar-refractivity contribution in [2.45, 2.75) is 81.3 Å². The standard InChI is InChI=1S/C44H68N10O8S2/c1-49-37(21-11-13-23-45)29-53(63(59,60)26-25-47)31-42(56)52-40(28-35-17-7-3-8-18-35)44(58)50-38(27-34-15-5-2-6-16-34)30-54(64(61,62)33-36-19-9-4-10-20-36)32-41(55)51-39(43(48)57)22-12-14-24-46/h2-10,15-20,37-40,49H,11-14,21-33,45-47H2,1H3,(H2,48,57)(H,50,58)(H,51,55)(H,52,56)/t37-,38?,39-,40-/m0/s1. The van der Waals surface area contributed by atoms with E-state index >= 15 is 0 Å². The first-order valence-corrected chi connectivity index (χ1v) is 24.9.